The van der Waals surface area contributed by atoms with Crippen molar-refractivity contribution in [3.8, 4) is 0 Å². The standard InChI is InChI=1S/C12H19O3P/c1-4-11-7-9-12(10-8-11)16(13,14-5-2)15-6-3/h7-10H,4-6H2,1-3H3. The van der Waals surface area contributed by atoms with Crippen molar-refractivity contribution in [3.05, 3.63) is 29.8 Å². The number of hydrogen-bond donors (Lipinski definition) is 0. The van der Waals surface area contributed by atoms with Gasteiger partial charge in [-0.1, -0.05) is 19.1 Å². The molecule has 0 saturated carbocycles. The monoisotopic (exact) mass is 242 g/mol. The van der Waals surface area contributed by atoms with Crippen LogP contribution in [-0.2, 0) is 20.0 Å². The normalized spacial score (nSPS) is 11.7. The van der Waals surface area contributed by atoms with Crippen LogP contribution in [0.25, 0.3) is 0 Å². The Balaban J connectivity index is 2.96. The van der Waals surface area contributed by atoms with Gasteiger partial charge in [0.25, 0.3) is 0 Å². The molecule has 1 aromatic carbocycles. The molecule has 0 fully saturated rings. The van der Waals surface area contributed by atoms with Crippen LogP contribution in [0.2, 0.25) is 0 Å². The summed E-state index contributed by atoms with van der Waals surface area (Å²) in [5, 5.41) is 0.633. The second kappa shape index (κ2) is 6.19. The molecule has 0 heterocycles. The van der Waals surface area contributed by atoms with Crippen LogP contribution in [0.4, 0.5) is 0 Å². The minimum absolute atomic E-state index is 0.382. The highest BCUT2D eigenvalue weighted by atomic mass is 31.2. The minimum Gasteiger partial charge on any atom is -0.305 e. The van der Waals surface area contributed by atoms with Gasteiger partial charge in [0.15, 0.2) is 0 Å². The predicted octanol–water partition coefficient (Wildman–Crippen LogP) is 3.14. The van der Waals surface area contributed by atoms with Gasteiger partial charge in [0.05, 0.1) is 18.5 Å². The largest absolute Gasteiger partial charge is 0.361 e. The first-order chi connectivity index (χ1) is 7.66. The fourth-order valence-corrected chi connectivity index (χ4v) is 3.01. The second-order valence-corrected chi connectivity index (χ2v) is 5.38. The van der Waals surface area contributed by atoms with E-state index in [1.54, 1.807) is 0 Å². The molecule has 0 saturated heterocycles. The van der Waals surface area contributed by atoms with Crippen molar-refractivity contribution in [1.29, 1.82) is 0 Å². The highest BCUT2D eigenvalue weighted by molar-refractivity contribution is 7.62. The van der Waals surface area contributed by atoms with Gasteiger partial charge in [-0.3, -0.25) is 4.57 Å². The van der Waals surface area contributed by atoms with Gasteiger partial charge in [0.1, 0.15) is 0 Å². The van der Waals surface area contributed by atoms with Crippen LogP contribution in [-0.4, -0.2) is 13.2 Å². The summed E-state index contributed by atoms with van der Waals surface area (Å²) in [7, 11) is -3.10. The highest BCUT2D eigenvalue weighted by Gasteiger charge is 2.26. The van der Waals surface area contributed by atoms with E-state index in [0.29, 0.717) is 18.5 Å². The number of aryl methyl sites for hydroxylation is 1. The molecule has 0 unspecified atom stereocenters. The van der Waals surface area contributed by atoms with Crippen LogP contribution in [0.5, 0.6) is 0 Å². The van der Waals surface area contributed by atoms with Crippen LogP contribution < -0.4 is 5.30 Å². The average molecular weight is 242 g/mol. The lowest BCUT2D eigenvalue weighted by Crippen LogP contribution is -2.10. The summed E-state index contributed by atoms with van der Waals surface area (Å²) < 4.78 is 22.9. The van der Waals surface area contributed by atoms with E-state index in [0.717, 1.165) is 6.42 Å². The molecule has 1 rings (SSSR count). The fraction of sp³-hybridized carbons (Fsp3) is 0.500. The third-order valence-electron chi connectivity index (χ3n) is 2.26. The van der Waals surface area contributed by atoms with E-state index in [1.165, 1.54) is 5.56 Å². The van der Waals surface area contributed by atoms with Crippen molar-refractivity contribution >= 4 is 12.9 Å². The number of hydrogen-bond acceptors (Lipinski definition) is 3. The maximum absolute atomic E-state index is 12.4. The first-order valence-electron chi connectivity index (χ1n) is 5.64. The molecule has 16 heavy (non-hydrogen) atoms. The summed E-state index contributed by atoms with van der Waals surface area (Å²) in [6.45, 7) is 6.47. The van der Waals surface area contributed by atoms with E-state index in [-0.39, 0.29) is 0 Å². The summed E-state index contributed by atoms with van der Waals surface area (Å²) >= 11 is 0. The third kappa shape index (κ3) is 3.18. The summed E-state index contributed by atoms with van der Waals surface area (Å²) in [4.78, 5) is 0. The molecule has 3 nitrogen and oxygen atoms in total. The summed E-state index contributed by atoms with van der Waals surface area (Å²) in [6.07, 6.45) is 0.966. The van der Waals surface area contributed by atoms with Crippen molar-refractivity contribution in [2.24, 2.45) is 0 Å². The molecular weight excluding hydrogens is 223 g/mol. The average Bonchev–Trinajstić information content (AvgIpc) is 2.30. The van der Waals surface area contributed by atoms with E-state index in [4.69, 9.17) is 9.05 Å². The Hall–Kier alpha value is -0.630. The zero-order valence-electron chi connectivity index (χ0n) is 10.1. The van der Waals surface area contributed by atoms with Crippen LogP contribution in [0.15, 0.2) is 24.3 Å². The summed E-state index contributed by atoms with van der Waals surface area (Å²) in [6, 6.07) is 7.57. The molecule has 0 aromatic heterocycles. The van der Waals surface area contributed by atoms with Gasteiger partial charge in [-0.15, -0.1) is 0 Å². The van der Waals surface area contributed by atoms with Crippen molar-refractivity contribution in [1.82, 2.24) is 0 Å². The zero-order chi connectivity index (χ0) is 12.0. The van der Waals surface area contributed by atoms with Gasteiger partial charge in [0, 0.05) is 0 Å². The van der Waals surface area contributed by atoms with Crippen molar-refractivity contribution in [2.45, 2.75) is 27.2 Å². The quantitative estimate of drug-likeness (QED) is 0.719. The lowest BCUT2D eigenvalue weighted by molar-refractivity contribution is 0.230. The first kappa shape index (κ1) is 13.4. The van der Waals surface area contributed by atoms with Crippen LogP contribution >= 0.6 is 7.60 Å². The van der Waals surface area contributed by atoms with Gasteiger partial charge in [-0.05, 0) is 38.0 Å². The third-order valence-corrected chi connectivity index (χ3v) is 4.39. The molecule has 0 N–H and O–H groups in total. The van der Waals surface area contributed by atoms with E-state index in [9.17, 15) is 4.57 Å². The molecule has 90 valence electrons. The first-order valence-corrected chi connectivity index (χ1v) is 7.19. The van der Waals surface area contributed by atoms with Crippen LogP contribution in [0.1, 0.15) is 26.3 Å². The molecule has 1 aromatic rings. The van der Waals surface area contributed by atoms with Crippen LogP contribution in [0, 0.1) is 0 Å². The molecule has 0 aliphatic rings. The lowest BCUT2D eigenvalue weighted by Gasteiger charge is -2.17. The molecule has 0 radical (unpaired) electrons. The summed E-state index contributed by atoms with van der Waals surface area (Å²) in [5.41, 5.74) is 1.21. The van der Waals surface area contributed by atoms with Crippen molar-refractivity contribution in [2.75, 3.05) is 13.2 Å². The number of benzene rings is 1. The number of rotatable bonds is 6. The van der Waals surface area contributed by atoms with E-state index >= 15 is 0 Å². The molecule has 0 amide bonds. The van der Waals surface area contributed by atoms with Crippen molar-refractivity contribution < 1.29 is 13.6 Å². The Morgan fingerprint density at radius 2 is 1.50 bits per heavy atom. The van der Waals surface area contributed by atoms with Gasteiger partial charge in [0.2, 0.25) is 0 Å². The molecular formula is C12H19O3P. The Morgan fingerprint density at radius 1 is 1.00 bits per heavy atom. The molecule has 0 aliphatic heterocycles. The molecule has 0 bridgehead atoms. The maximum Gasteiger partial charge on any atom is 0.361 e. The highest BCUT2D eigenvalue weighted by Crippen LogP contribution is 2.46. The SMILES string of the molecule is CCOP(=O)(OCC)c1ccc(CC)cc1. The molecule has 0 aliphatic carbocycles. The summed E-state index contributed by atoms with van der Waals surface area (Å²) in [5.74, 6) is 0. The topological polar surface area (TPSA) is 35.5 Å². The van der Waals surface area contributed by atoms with Crippen LogP contribution in [0.3, 0.4) is 0 Å². The Kier molecular flexibility index (Phi) is 5.20. The van der Waals surface area contributed by atoms with Gasteiger partial charge in [-0.25, -0.2) is 0 Å². The fourth-order valence-electron chi connectivity index (χ4n) is 1.44. The zero-order valence-corrected chi connectivity index (χ0v) is 11.0. The minimum atomic E-state index is -3.10. The molecule has 4 heteroatoms. The molecule has 0 spiro atoms. The lowest BCUT2D eigenvalue weighted by atomic mass is 10.2. The van der Waals surface area contributed by atoms with E-state index < -0.39 is 7.60 Å². The Morgan fingerprint density at radius 3 is 1.88 bits per heavy atom. The second-order valence-electron chi connectivity index (χ2n) is 3.35. The van der Waals surface area contributed by atoms with Crippen molar-refractivity contribution in [3.63, 3.8) is 0 Å². The predicted molar refractivity (Wildman–Crippen MR) is 66.3 cm³/mol. The molecule has 0 atom stereocenters. The van der Waals surface area contributed by atoms with E-state index in [2.05, 4.69) is 6.92 Å². The van der Waals surface area contributed by atoms with E-state index in [1.807, 2.05) is 38.1 Å². The maximum atomic E-state index is 12.4. The Labute approximate surface area is 97.3 Å². The van der Waals surface area contributed by atoms with Gasteiger partial charge in [-0.2, -0.15) is 0 Å². The Bertz CT molecular complexity index is 349. The van der Waals surface area contributed by atoms with Gasteiger partial charge >= 0.3 is 7.60 Å². The smallest absolute Gasteiger partial charge is 0.305 e. The van der Waals surface area contributed by atoms with Gasteiger partial charge < -0.3 is 9.05 Å².